The number of allylic oxidation sites excluding steroid dienone is 1. The van der Waals surface area contributed by atoms with E-state index in [0.29, 0.717) is 6.61 Å². The van der Waals surface area contributed by atoms with Crippen molar-refractivity contribution < 1.29 is 17.9 Å². The first kappa shape index (κ1) is 14.2. The molecule has 0 aliphatic heterocycles. The molecule has 4 nitrogen and oxygen atoms in total. The van der Waals surface area contributed by atoms with Crippen LogP contribution in [0.3, 0.4) is 0 Å². The summed E-state index contributed by atoms with van der Waals surface area (Å²) in [5.41, 5.74) is 0. The molecule has 0 rings (SSSR count). The van der Waals surface area contributed by atoms with Crippen molar-refractivity contribution in [2.75, 3.05) is 31.3 Å². The van der Waals surface area contributed by atoms with Crippen molar-refractivity contribution in [3.63, 3.8) is 0 Å². The molecule has 0 aliphatic carbocycles. The highest BCUT2D eigenvalue weighted by Gasteiger charge is 2.09. The van der Waals surface area contributed by atoms with E-state index in [1.165, 1.54) is 6.26 Å². The summed E-state index contributed by atoms with van der Waals surface area (Å²) in [6, 6.07) is 0. The Balaban J connectivity index is 3.63. The number of rotatable bonds is 9. The van der Waals surface area contributed by atoms with E-state index in [4.69, 9.17) is 9.47 Å². The largest absolute Gasteiger partial charge is 0.500 e. The number of hydrogen-bond acceptors (Lipinski definition) is 4. The van der Waals surface area contributed by atoms with Gasteiger partial charge in [0.15, 0.2) is 9.84 Å². The van der Waals surface area contributed by atoms with Crippen molar-refractivity contribution in [1.29, 1.82) is 0 Å². The summed E-state index contributed by atoms with van der Waals surface area (Å²) in [6.07, 6.45) is 4.77. The molecule has 0 radical (unpaired) electrons. The van der Waals surface area contributed by atoms with Crippen LogP contribution in [0.2, 0.25) is 0 Å². The van der Waals surface area contributed by atoms with Crippen molar-refractivity contribution in [3.8, 4) is 0 Å². The molecule has 0 unspecified atom stereocenters. The standard InChI is InChI=1S/C10H18O4S/c1-3-5-13-7-9-15(11,12)10-8-14-6-4-2/h3-4,6H,1,5,7-10H2,2H3/b6-4-. The maximum Gasteiger partial charge on any atom is 0.155 e. The molecule has 15 heavy (non-hydrogen) atoms. The van der Waals surface area contributed by atoms with Gasteiger partial charge in [0.05, 0.1) is 31.0 Å². The van der Waals surface area contributed by atoms with Crippen molar-refractivity contribution in [2.24, 2.45) is 0 Å². The highest BCUT2D eigenvalue weighted by atomic mass is 32.2. The predicted molar refractivity (Wildman–Crippen MR) is 60.4 cm³/mol. The minimum atomic E-state index is -3.06. The Kier molecular flexibility index (Phi) is 8.04. The van der Waals surface area contributed by atoms with Gasteiger partial charge in [-0.15, -0.1) is 6.58 Å². The van der Waals surface area contributed by atoms with Gasteiger partial charge in [-0.3, -0.25) is 0 Å². The molecule has 5 heteroatoms. The first-order valence-corrected chi connectivity index (χ1v) is 6.56. The van der Waals surface area contributed by atoms with Gasteiger partial charge < -0.3 is 9.47 Å². The van der Waals surface area contributed by atoms with E-state index in [2.05, 4.69) is 6.58 Å². The lowest BCUT2D eigenvalue weighted by Gasteiger charge is -2.04. The quantitative estimate of drug-likeness (QED) is 0.341. The maximum absolute atomic E-state index is 11.3. The van der Waals surface area contributed by atoms with E-state index in [9.17, 15) is 8.42 Å². The van der Waals surface area contributed by atoms with Crippen LogP contribution in [-0.4, -0.2) is 39.7 Å². The van der Waals surface area contributed by atoms with Crippen LogP contribution >= 0.6 is 0 Å². The molecule has 0 aromatic carbocycles. The zero-order valence-corrected chi connectivity index (χ0v) is 9.83. The molecule has 0 aromatic heterocycles. The zero-order chi connectivity index (χ0) is 11.6. The molecule has 0 aliphatic rings. The fraction of sp³-hybridized carbons (Fsp3) is 0.600. The van der Waals surface area contributed by atoms with Crippen LogP contribution < -0.4 is 0 Å². The van der Waals surface area contributed by atoms with Gasteiger partial charge in [-0.1, -0.05) is 12.2 Å². The maximum atomic E-state index is 11.3. The summed E-state index contributed by atoms with van der Waals surface area (Å²) in [5.74, 6) is 0.0504. The van der Waals surface area contributed by atoms with Crippen LogP contribution in [0.15, 0.2) is 25.0 Å². The lowest BCUT2D eigenvalue weighted by atomic mass is 10.7. The van der Waals surface area contributed by atoms with Gasteiger partial charge in [-0.05, 0) is 6.92 Å². The van der Waals surface area contributed by atoms with Crippen LogP contribution in [0.5, 0.6) is 0 Å². The smallest absolute Gasteiger partial charge is 0.155 e. The average molecular weight is 234 g/mol. The Hall–Kier alpha value is -0.810. The van der Waals surface area contributed by atoms with E-state index in [1.54, 1.807) is 19.1 Å². The lowest BCUT2D eigenvalue weighted by Crippen LogP contribution is -2.18. The van der Waals surface area contributed by atoms with Crippen LogP contribution in [0, 0.1) is 0 Å². The van der Waals surface area contributed by atoms with E-state index < -0.39 is 9.84 Å². The molecule has 88 valence electrons. The highest BCUT2D eigenvalue weighted by molar-refractivity contribution is 7.91. The molecule has 0 atom stereocenters. The van der Waals surface area contributed by atoms with Crippen molar-refractivity contribution in [1.82, 2.24) is 0 Å². The van der Waals surface area contributed by atoms with Gasteiger partial charge in [0.25, 0.3) is 0 Å². The topological polar surface area (TPSA) is 52.6 Å². The molecule has 0 fully saturated rings. The average Bonchev–Trinajstić information content (AvgIpc) is 2.20. The lowest BCUT2D eigenvalue weighted by molar-refractivity contribution is 0.179. The SMILES string of the molecule is C=CCOCCS(=O)(=O)CCO/C=C\C. The monoisotopic (exact) mass is 234 g/mol. The third-order valence-electron chi connectivity index (χ3n) is 1.52. The Morgan fingerprint density at radius 1 is 1.27 bits per heavy atom. The van der Waals surface area contributed by atoms with Gasteiger partial charge in [0.1, 0.15) is 6.61 Å². The first-order chi connectivity index (χ1) is 7.12. The molecule has 0 amide bonds. The second kappa shape index (κ2) is 8.49. The molecule has 0 aromatic rings. The summed E-state index contributed by atoms with van der Waals surface area (Å²) >= 11 is 0. The molecule has 0 saturated carbocycles. The molecule has 0 spiro atoms. The van der Waals surface area contributed by atoms with E-state index in [0.717, 1.165) is 0 Å². The summed E-state index contributed by atoms with van der Waals surface area (Å²) in [6.45, 7) is 6.04. The summed E-state index contributed by atoms with van der Waals surface area (Å²) in [7, 11) is -3.06. The zero-order valence-electron chi connectivity index (χ0n) is 9.02. The number of hydrogen-bond donors (Lipinski definition) is 0. The molecule has 0 saturated heterocycles. The predicted octanol–water partition coefficient (Wildman–Crippen LogP) is 1.15. The molecular formula is C10H18O4S. The van der Waals surface area contributed by atoms with Gasteiger partial charge in [-0.2, -0.15) is 0 Å². The molecule has 0 bridgehead atoms. The van der Waals surface area contributed by atoms with Gasteiger partial charge >= 0.3 is 0 Å². The van der Waals surface area contributed by atoms with Crippen LogP contribution in [0.4, 0.5) is 0 Å². The fourth-order valence-corrected chi connectivity index (χ4v) is 1.72. The minimum absolute atomic E-state index is 0.0226. The van der Waals surface area contributed by atoms with E-state index in [1.807, 2.05) is 0 Å². The third kappa shape index (κ3) is 9.49. The molecule has 0 N–H and O–H groups in total. The minimum Gasteiger partial charge on any atom is -0.500 e. The Bertz CT molecular complexity index is 280. The number of sulfone groups is 1. The first-order valence-electron chi connectivity index (χ1n) is 4.74. The second-order valence-electron chi connectivity index (χ2n) is 2.86. The second-order valence-corrected chi connectivity index (χ2v) is 5.16. The molecule has 0 heterocycles. The Morgan fingerprint density at radius 3 is 2.53 bits per heavy atom. The summed E-state index contributed by atoms with van der Waals surface area (Å²) in [5, 5.41) is 0. The van der Waals surface area contributed by atoms with Crippen molar-refractivity contribution in [3.05, 3.63) is 25.0 Å². The van der Waals surface area contributed by atoms with Crippen LogP contribution in [0.1, 0.15) is 6.92 Å². The van der Waals surface area contributed by atoms with Crippen molar-refractivity contribution >= 4 is 9.84 Å². The summed E-state index contributed by atoms with van der Waals surface area (Å²) in [4.78, 5) is 0. The molecular weight excluding hydrogens is 216 g/mol. The van der Waals surface area contributed by atoms with E-state index in [-0.39, 0.29) is 24.7 Å². The number of ether oxygens (including phenoxy) is 2. The van der Waals surface area contributed by atoms with E-state index >= 15 is 0 Å². The highest BCUT2D eigenvalue weighted by Crippen LogP contribution is 1.92. The normalized spacial score (nSPS) is 11.8. The van der Waals surface area contributed by atoms with Crippen LogP contribution in [0.25, 0.3) is 0 Å². The van der Waals surface area contributed by atoms with Gasteiger partial charge in [0, 0.05) is 0 Å². The fourth-order valence-electron chi connectivity index (χ4n) is 0.794. The van der Waals surface area contributed by atoms with Gasteiger partial charge in [0.2, 0.25) is 0 Å². The Labute approximate surface area is 91.5 Å². The Morgan fingerprint density at radius 2 is 1.93 bits per heavy atom. The van der Waals surface area contributed by atoms with Crippen molar-refractivity contribution in [2.45, 2.75) is 6.92 Å². The van der Waals surface area contributed by atoms with Crippen LogP contribution in [-0.2, 0) is 19.3 Å². The summed E-state index contributed by atoms with van der Waals surface area (Å²) < 4.78 is 32.6. The van der Waals surface area contributed by atoms with Gasteiger partial charge in [-0.25, -0.2) is 8.42 Å². The third-order valence-corrected chi connectivity index (χ3v) is 3.10.